The highest BCUT2D eigenvalue weighted by Gasteiger charge is 2.51. The lowest BCUT2D eigenvalue weighted by atomic mass is 9.79. The zero-order valence-electron chi connectivity index (χ0n) is 15.9. The summed E-state index contributed by atoms with van der Waals surface area (Å²) in [6.45, 7) is 11.4. The third-order valence-corrected chi connectivity index (χ3v) is 5.60. The summed E-state index contributed by atoms with van der Waals surface area (Å²) >= 11 is 0. The third kappa shape index (κ3) is 3.85. The highest BCUT2D eigenvalue weighted by Crippen LogP contribution is 2.36. The SMILES string of the molecule is CC(=O)N1CCC(Oc2ccc(B3OC(C)(C)C(C)(C)O3)cc2)CC1. The predicted molar refractivity (Wildman–Crippen MR) is 98.1 cm³/mol. The van der Waals surface area contributed by atoms with Crippen molar-refractivity contribution in [2.75, 3.05) is 13.1 Å². The Hall–Kier alpha value is -1.53. The van der Waals surface area contributed by atoms with Gasteiger partial charge in [-0.05, 0) is 45.3 Å². The van der Waals surface area contributed by atoms with Crippen LogP contribution in [0.5, 0.6) is 5.75 Å². The van der Waals surface area contributed by atoms with Gasteiger partial charge in [0.25, 0.3) is 0 Å². The first-order valence-electron chi connectivity index (χ1n) is 9.06. The lowest BCUT2D eigenvalue weighted by Gasteiger charge is -2.32. The molecule has 0 unspecified atom stereocenters. The van der Waals surface area contributed by atoms with Crippen LogP contribution in [-0.4, -0.2) is 48.3 Å². The van der Waals surface area contributed by atoms with Crippen molar-refractivity contribution in [3.63, 3.8) is 0 Å². The summed E-state index contributed by atoms with van der Waals surface area (Å²) in [5.74, 6) is 0.992. The van der Waals surface area contributed by atoms with Crippen molar-refractivity contribution >= 4 is 18.5 Å². The van der Waals surface area contributed by atoms with Gasteiger partial charge in [0, 0.05) is 32.9 Å². The maximum absolute atomic E-state index is 11.4. The summed E-state index contributed by atoms with van der Waals surface area (Å²) in [7, 11) is -0.349. The third-order valence-electron chi connectivity index (χ3n) is 5.60. The molecule has 0 aliphatic carbocycles. The van der Waals surface area contributed by atoms with E-state index in [1.165, 1.54) is 0 Å². The monoisotopic (exact) mass is 345 g/mol. The average Bonchev–Trinajstić information content (AvgIpc) is 2.76. The Morgan fingerprint density at radius 3 is 2.08 bits per heavy atom. The second-order valence-corrected chi connectivity index (χ2v) is 7.98. The van der Waals surface area contributed by atoms with E-state index in [-0.39, 0.29) is 30.3 Å². The van der Waals surface area contributed by atoms with Crippen molar-refractivity contribution in [1.29, 1.82) is 0 Å². The molecule has 0 bridgehead atoms. The van der Waals surface area contributed by atoms with Crippen molar-refractivity contribution in [3.05, 3.63) is 24.3 Å². The smallest absolute Gasteiger partial charge is 0.490 e. The van der Waals surface area contributed by atoms with Gasteiger partial charge in [-0.15, -0.1) is 0 Å². The molecular weight excluding hydrogens is 317 g/mol. The van der Waals surface area contributed by atoms with Crippen molar-refractivity contribution in [2.45, 2.75) is 64.8 Å². The standard InChI is InChI=1S/C19H28BNO4/c1-14(22)21-12-10-17(11-13-21)23-16-8-6-15(7-9-16)20-24-18(2,3)19(4,5)25-20/h6-9,17H,10-13H2,1-5H3. The van der Waals surface area contributed by atoms with Crippen LogP contribution in [0.15, 0.2) is 24.3 Å². The van der Waals surface area contributed by atoms with Crippen molar-refractivity contribution in [3.8, 4) is 5.75 Å². The normalized spacial score (nSPS) is 22.9. The van der Waals surface area contributed by atoms with Gasteiger partial charge in [-0.2, -0.15) is 0 Å². The molecule has 1 amide bonds. The van der Waals surface area contributed by atoms with Crippen LogP contribution in [0.3, 0.4) is 0 Å². The van der Waals surface area contributed by atoms with Crippen LogP contribution < -0.4 is 10.2 Å². The molecule has 6 heteroatoms. The molecule has 1 aromatic carbocycles. The van der Waals surface area contributed by atoms with Crippen LogP contribution in [0.1, 0.15) is 47.5 Å². The second kappa shape index (κ2) is 6.65. The molecule has 1 aromatic rings. The Morgan fingerprint density at radius 1 is 1.08 bits per heavy atom. The average molecular weight is 345 g/mol. The van der Waals surface area contributed by atoms with E-state index < -0.39 is 0 Å². The van der Waals surface area contributed by atoms with Gasteiger partial charge in [0.15, 0.2) is 0 Å². The number of benzene rings is 1. The number of amides is 1. The molecule has 0 saturated carbocycles. The van der Waals surface area contributed by atoms with Crippen molar-refractivity contribution < 1.29 is 18.8 Å². The number of carbonyl (C=O) groups is 1. The van der Waals surface area contributed by atoms with Gasteiger partial charge in [0.05, 0.1) is 11.2 Å². The minimum absolute atomic E-state index is 0.144. The molecule has 25 heavy (non-hydrogen) atoms. The molecule has 136 valence electrons. The summed E-state index contributed by atoms with van der Waals surface area (Å²) in [5.41, 5.74) is 0.326. The minimum atomic E-state index is -0.349. The molecule has 0 N–H and O–H groups in total. The molecular formula is C19H28BNO4. The number of likely N-dealkylation sites (tertiary alicyclic amines) is 1. The van der Waals surface area contributed by atoms with E-state index >= 15 is 0 Å². The van der Waals surface area contributed by atoms with Crippen LogP contribution in [-0.2, 0) is 14.1 Å². The van der Waals surface area contributed by atoms with E-state index in [2.05, 4.69) is 27.7 Å². The number of nitrogens with zero attached hydrogens (tertiary/aromatic N) is 1. The maximum atomic E-state index is 11.4. The van der Waals surface area contributed by atoms with Gasteiger partial charge < -0.3 is 18.9 Å². The minimum Gasteiger partial charge on any atom is -0.490 e. The number of hydrogen-bond donors (Lipinski definition) is 0. The highest BCUT2D eigenvalue weighted by atomic mass is 16.7. The Kier molecular flexibility index (Phi) is 4.86. The fourth-order valence-corrected chi connectivity index (χ4v) is 3.16. The van der Waals surface area contributed by atoms with Crippen molar-refractivity contribution in [1.82, 2.24) is 4.90 Å². The summed E-state index contributed by atoms with van der Waals surface area (Å²) in [5, 5.41) is 0. The molecule has 5 nitrogen and oxygen atoms in total. The van der Waals surface area contributed by atoms with Gasteiger partial charge in [0.1, 0.15) is 11.9 Å². The fraction of sp³-hybridized carbons (Fsp3) is 0.632. The number of hydrogen-bond acceptors (Lipinski definition) is 4. The Labute approximate surface area is 150 Å². The molecule has 0 aromatic heterocycles. The first-order valence-corrected chi connectivity index (χ1v) is 9.06. The number of rotatable bonds is 3. The van der Waals surface area contributed by atoms with Crippen molar-refractivity contribution in [2.24, 2.45) is 0 Å². The lowest BCUT2D eigenvalue weighted by Crippen LogP contribution is -2.41. The quantitative estimate of drug-likeness (QED) is 0.790. The predicted octanol–water partition coefficient (Wildman–Crippen LogP) is 2.38. The van der Waals surface area contributed by atoms with Crippen LogP contribution >= 0.6 is 0 Å². The molecule has 2 fully saturated rings. The lowest BCUT2D eigenvalue weighted by molar-refractivity contribution is -0.130. The first kappa shape index (κ1) is 18.3. The second-order valence-electron chi connectivity index (χ2n) is 7.98. The molecule has 2 saturated heterocycles. The zero-order chi connectivity index (χ0) is 18.2. The van der Waals surface area contributed by atoms with E-state index in [0.29, 0.717) is 0 Å². The number of piperidine rings is 1. The van der Waals surface area contributed by atoms with Gasteiger partial charge in [-0.3, -0.25) is 4.79 Å². The Morgan fingerprint density at radius 2 is 1.60 bits per heavy atom. The molecule has 0 radical (unpaired) electrons. The highest BCUT2D eigenvalue weighted by molar-refractivity contribution is 6.62. The van der Waals surface area contributed by atoms with Crippen LogP contribution in [0.4, 0.5) is 0 Å². The fourth-order valence-electron chi connectivity index (χ4n) is 3.16. The van der Waals surface area contributed by atoms with E-state index in [1.54, 1.807) is 6.92 Å². The van der Waals surface area contributed by atoms with Gasteiger partial charge in [-0.25, -0.2) is 0 Å². The van der Waals surface area contributed by atoms with Crippen LogP contribution in [0.25, 0.3) is 0 Å². The van der Waals surface area contributed by atoms with Crippen LogP contribution in [0, 0.1) is 0 Å². The van der Waals surface area contributed by atoms with E-state index in [0.717, 1.165) is 37.1 Å². The molecule has 3 rings (SSSR count). The topological polar surface area (TPSA) is 48.0 Å². The van der Waals surface area contributed by atoms with Crippen LogP contribution in [0.2, 0.25) is 0 Å². The molecule has 2 aliphatic rings. The van der Waals surface area contributed by atoms with Gasteiger partial charge in [-0.1, -0.05) is 12.1 Å². The molecule has 2 aliphatic heterocycles. The number of ether oxygens (including phenoxy) is 1. The first-order chi connectivity index (χ1) is 11.7. The number of carbonyl (C=O) groups excluding carboxylic acids is 1. The Balaban J connectivity index is 1.58. The molecule has 0 spiro atoms. The zero-order valence-corrected chi connectivity index (χ0v) is 15.9. The van der Waals surface area contributed by atoms with Gasteiger partial charge >= 0.3 is 7.12 Å². The van der Waals surface area contributed by atoms with E-state index in [4.69, 9.17) is 14.0 Å². The van der Waals surface area contributed by atoms with E-state index in [9.17, 15) is 4.79 Å². The molecule has 2 heterocycles. The molecule has 0 atom stereocenters. The summed E-state index contributed by atoms with van der Waals surface area (Å²) in [6, 6.07) is 7.94. The van der Waals surface area contributed by atoms with Gasteiger partial charge in [0.2, 0.25) is 5.91 Å². The Bertz CT molecular complexity index is 605. The largest absolute Gasteiger partial charge is 0.494 e. The summed E-state index contributed by atoms with van der Waals surface area (Å²) < 4.78 is 18.2. The van der Waals surface area contributed by atoms with E-state index in [1.807, 2.05) is 29.2 Å². The summed E-state index contributed by atoms with van der Waals surface area (Å²) in [6.07, 6.45) is 1.91. The summed E-state index contributed by atoms with van der Waals surface area (Å²) in [4.78, 5) is 13.3. The maximum Gasteiger partial charge on any atom is 0.494 e.